The van der Waals surface area contributed by atoms with Crippen LogP contribution < -0.4 is 19.7 Å². The number of anilines is 2. The summed E-state index contributed by atoms with van der Waals surface area (Å²) in [6, 6.07) is 22.0. The smallest absolute Gasteiger partial charge is 0.449 e. The maximum atomic E-state index is 14.1. The molecule has 5 aromatic rings. The normalized spacial score (nSPS) is 23.2. The first-order chi connectivity index (χ1) is 25.5. The van der Waals surface area contributed by atoms with Crippen LogP contribution in [-0.4, -0.2) is 47.6 Å². The van der Waals surface area contributed by atoms with Gasteiger partial charge in [0.25, 0.3) is 5.91 Å². The molecular weight excluding hydrogens is 711 g/mol. The molecule has 3 heterocycles. The van der Waals surface area contributed by atoms with E-state index in [0.717, 1.165) is 40.6 Å². The van der Waals surface area contributed by atoms with Crippen LogP contribution in [0.15, 0.2) is 77.7 Å². The molecule has 0 saturated heterocycles. The van der Waals surface area contributed by atoms with Crippen molar-refractivity contribution in [1.29, 1.82) is 0 Å². The zero-order valence-corrected chi connectivity index (χ0v) is 30.8. The second-order valence-electron chi connectivity index (χ2n) is 15.2. The van der Waals surface area contributed by atoms with Crippen LogP contribution in [0.25, 0.3) is 21.3 Å². The van der Waals surface area contributed by atoms with Crippen LogP contribution in [0.1, 0.15) is 65.6 Å². The van der Waals surface area contributed by atoms with Gasteiger partial charge in [0.1, 0.15) is 5.82 Å². The number of nitrogens with zero attached hydrogens (tertiary/aromatic N) is 3. The Hall–Kier alpha value is -4.85. The topological polar surface area (TPSA) is 151 Å². The highest BCUT2D eigenvalue weighted by Gasteiger charge is 2.52. The summed E-state index contributed by atoms with van der Waals surface area (Å²) < 4.78 is 37.6. The molecule has 0 spiro atoms. The molecule has 53 heavy (non-hydrogen) atoms. The van der Waals surface area contributed by atoms with E-state index in [1.54, 1.807) is 43.3 Å². The second-order valence-corrected chi connectivity index (χ2v) is 17.9. The molecule has 5 aliphatic rings. The Bertz CT molecular complexity index is 2340. The molecule has 0 radical (unpaired) electrons. The highest BCUT2D eigenvalue weighted by atomic mass is 32.2. The van der Waals surface area contributed by atoms with Crippen LogP contribution in [-0.2, 0) is 23.0 Å². The fourth-order valence-electron chi connectivity index (χ4n) is 9.82. The van der Waals surface area contributed by atoms with Gasteiger partial charge in [-0.2, -0.15) is 4.98 Å². The van der Waals surface area contributed by atoms with E-state index >= 15 is 0 Å². The largest absolute Gasteiger partial charge is 0.512 e. The van der Waals surface area contributed by atoms with E-state index in [-0.39, 0.29) is 16.7 Å². The van der Waals surface area contributed by atoms with Crippen LogP contribution in [0.2, 0.25) is 0 Å². The Morgan fingerprint density at radius 1 is 0.906 bits per heavy atom. The van der Waals surface area contributed by atoms with Gasteiger partial charge in [-0.15, -0.1) is 0 Å². The molecule has 13 heteroatoms. The fourth-order valence-corrected chi connectivity index (χ4v) is 12.4. The molecule has 11 nitrogen and oxygen atoms in total. The molecule has 4 aliphatic carbocycles. The number of amides is 1. The number of benzene rings is 3. The van der Waals surface area contributed by atoms with Crippen LogP contribution in [0.5, 0.6) is 5.88 Å². The van der Waals surface area contributed by atoms with Gasteiger partial charge < -0.3 is 14.7 Å². The van der Waals surface area contributed by atoms with E-state index < -0.39 is 21.7 Å². The number of sulfonamides is 1. The van der Waals surface area contributed by atoms with Crippen molar-refractivity contribution in [2.24, 2.45) is 17.8 Å². The fraction of sp³-hybridized carbons (Fsp3) is 0.350. The maximum absolute atomic E-state index is 14.1. The van der Waals surface area contributed by atoms with Crippen LogP contribution in [0.4, 0.5) is 15.7 Å². The standard InChI is InChI=1S/C40H39N5O6S2/c1-23-28(7-5-11-34(23)53(49,50)44-40-19-24-16-25(20-40)18-26(17-24)21-40)30-12-13-35(42-37(30)51-39(47)48)45-15-14-27-6-4-8-29(31(27)22-45)36(46)43-38-41-32-9-2-3-10-33(32)52-38/h2-13,24-26,44H,14-22H2,1H3,(H,47,48)(H,41,43,46). The summed E-state index contributed by atoms with van der Waals surface area (Å²) in [5, 5.41) is 13.2. The number of pyridine rings is 1. The van der Waals surface area contributed by atoms with Gasteiger partial charge in [0, 0.05) is 29.8 Å². The molecule has 0 atom stereocenters. The Labute approximate surface area is 311 Å². The Kier molecular flexibility index (Phi) is 8.28. The predicted molar refractivity (Wildman–Crippen MR) is 203 cm³/mol. The van der Waals surface area contributed by atoms with Gasteiger partial charge in [0.2, 0.25) is 15.9 Å². The van der Waals surface area contributed by atoms with Crippen molar-refractivity contribution in [1.82, 2.24) is 14.7 Å². The number of aromatic nitrogens is 2. The summed E-state index contributed by atoms with van der Waals surface area (Å²) in [6.45, 7) is 2.68. The highest BCUT2D eigenvalue weighted by molar-refractivity contribution is 7.89. The first-order valence-electron chi connectivity index (χ1n) is 18.1. The lowest BCUT2D eigenvalue weighted by Crippen LogP contribution is -2.59. The summed E-state index contributed by atoms with van der Waals surface area (Å²) in [6.07, 6.45) is 5.38. The Morgan fingerprint density at radius 3 is 2.38 bits per heavy atom. The van der Waals surface area contributed by atoms with E-state index in [1.807, 2.05) is 41.3 Å². The molecule has 2 aromatic heterocycles. The van der Waals surface area contributed by atoms with E-state index in [4.69, 9.17) is 4.74 Å². The number of carbonyl (C=O) groups is 2. The number of thiazole rings is 1. The zero-order valence-electron chi connectivity index (χ0n) is 29.2. The van der Waals surface area contributed by atoms with Crippen molar-refractivity contribution < 1.29 is 27.9 Å². The average Bonchev–Trinajstić information content (AvgIpc) is 3.52. The van der Waals surface area contributed by atoms with E-state index in [2.05, 4.69) is 20.0 Å². The van der Waals surface area contributed by atoms with E-state index in [1.165, 1.54) is 30.6 Å². The number of para-hydroxylation sites is 1. The molecular formula is C40H39N5O6S2. The SMILES string of the molecule is Cc1c(-c2ccc(N3CCc4cccc(C(=O)Nc5nc6ccccc6s5)c4C3)nc2OC(=O)O)cccc1S(=O)(=O)NC12CC3CC(CC(C3)C1)C2. The first-order valence-corrected chi connectivity index (χ1v) is 20.4. The average molecular weight is 750 g/mol. The van der Waals surface area contributed by atoms with Crippen molar-refractivity contribution in [3.63, 3.8) is 0 Å². The van der Waals surface area contributed by atoms with Crippen molar-refractivity contribution in [3.8, 4) is 17.0 Å². The number of hydrogen-bond donors (Lipinski definition) is 3. The molecule has 1 amide bonds. The number of carbonyl (C=O) groups excluding carboxylic acids is 1. The molecule has 4 bridgehead atoms. The van der Waals surface area contributed by atoms with Gasteiger partial charge >= 0.3 is 6.16 Å². The molecule has 0 unspecified atom stereocenters. The minimum Gasteiger partial charge on any atom is -0.449 e. The van der Waals surface area contributed by atoms with Crippen molar-refractivity contribution in [2.75, 3.05) is 16.8 Å². The lowest BCUT2D eigenvalue weighted by molar-refractivity contribution is -0.00811. The maximum Gasteiger partial charge on any atom is 0.512 e. The Balaban J connectivity index is 0.995. The minimum atomic E-state index is -3.88. The van der Waals surface area contributed by atoms with E-state index in [9.17, 15) is 23.1 Å². The van der Waals surface area contributed by atoms with Gasteiger partial charge in [0.15, 0.2) is 5.13 Å². The van der Waals surface area contributed by atoms with Crippen molar-refractivity contribution in [2.45, 2.75) is 68.8 Å². The Morgan fingerprint density at radius 2 is 1.64 bits per heavy atom. The number of nitrogens with one attached hydrogen (secondary N) is 2. The molecule has 4 saturated carbocycles. The van der Waals surface area contributed by atoms with Gasteiger partial charge in [-0.25, -0.2) is 22.9 Å². The number of rotatable bonds is 8. The molecule has 4 fully saturated rings. The highest BCUT2D eigenvalue weighted by Crippen LogP contribution is 2.56. The molecule has 272 valence electrons. The minimum absolute atomic E-state index is 0.144. The summed E-state index contributed by atoms with van der Waals surface area (Å²) in [4.78, 5) is 36.9. The molecule has 10 rings (SSSR count). The third-order valence-electron chi connectivity index (χ3n) is 11.6. The van der Waals surface area contributed by atoms with Gasteiger partial charge in [-0.3, -0.25) is 10.1 Å². The summed E-state index contributed by atoms with van der Waals surface area (Å²) in [5.74, 6) is 1.81. The first kappa shape index (κ1) is 34.0. The third kappa shape index (κ3) is 6.34. The van der Waals surface area contributed by atoms with Crippen LogP contribution in [0.3, 0.4) is 0 Å². The van der Waals surface area contributed by atoms with Crippen LogP contribution >= 0.6 is 11.3 Å². The quantitative estimate of drug-likeness (QED) is 0.135. The molecule has 3 aromatic carbocycles. The van der Waals surface area contributed by atoms with Crippen molar-refractivity contribution >= 4 is 54.6 Å². The predicted octanol–water partition coefficient (Wildman–Crippen LogP) is 7.79. The summed E-state index contributed by atoms with van der Waals surface area (Å²) >= 11 is 1.41. The second kappa shape index (κ2) is 12.9. The van der Waals surface area contributed by atoms with Gasteiger partial charge in [-0.05, 0) is 128 Å². The van der Waals surface area contributed by atoms with Gasteiger partial charge in [0.05, 0.1) is 15.1 Å². The molecule has 1 aliphatic heterocycles. The number of fused-ring (bicyclic) bond motifs is 2. The summed E-state index contributed by atoms with van der Waals surface area (Å²) in [5.41, 5.74) is 4.23. The zero-order chi connectivity index (χ0) is 36.5. The number of ether oxygens (including phenoxy) is 1. The third-order valence-corrected chi connectivity index (χ3v) is 14.3. The summed E-state index contributed by atoms with van der Waals surface area (Å²) in [7, 11) is -3.88. The number of hydrogen-bond acceptors (Lipinski definition) is 9. The van der Waals surface area contributed by atoms with Crippen LogP contribution in [0, 0.1) is 24.7 Å². The monoisotopic (exact) mass is 749 g/mol. The van der Waals surface area contributed by atoms with Crippen molar-refractivity contribution in [3.05, 3.63) is 95.1 Å². The van der Waals surface area contributed by atoms with Gasteiger partial charge in [-0.1, -0.05) is 47.7 Å². The number of carboxylic acid groups (broad SMARTS) is 1. The van der Waals surface area contributed by atoms with E-state index in [0.29, 0.717) is 70.5 Å². The lowest BCUT2D eigenvalue weighted by Gasteiger charge is -2.56. The lowest BCUT2D eigenvalue weighted by atomic mass is 9.53. The molecule has 3 N–H and O–H groups in total.